The molecule has 1 aromatic heterocycles. The number of piperidine rings is 1. The van der Waals surface area contributed by atoms with Crippen molar-refractivity contribution in [3.63, 3.8) is 0 Å². The lowest BCUT2D eigenvalue weighted by atomic mass is 10.0. The van der Waals surface area contributed by atoms with Gasteiger partial charge in [-0.2, -0.15) is 4.37 Å². The third-order valence-electron chi connectivity index (χ3n) is 3.54. The molecule has 0 aliphatic carbocycles. The van der Waals surface area contributed by atoms with Crippen LogP contribution in [0.3, 0.4) is 0 Å². The van der Waals surface area contributed by atoms with Crippen molar-refractivity contribution in [3.05, 3.63) is 5.82 Å². The van der Waals surface area contributed by atoms with Crippen molar-refractivity contribution in [2.45, 2.75) is 39.2 Å². The van der Waals surface area contributed by atoms with Crippen LogP contribution in [0, 0.1) is 5.92 Å². The fourth-order valence-corrected chi connectivity index (χ4v) is 3.25. The summed E-state index contributed by atoms with van der Waals surface area (Å²) in [5, 5.41) is 4.49. The maximum Gasteiger partial charge on any atom is 0.202 e. The van der Waals surface area contributed by atoms with Crippen LogP contribution in [-0.2, 0) is 11.2 Å². The summed E-state index contributed by atoms with van der Waals surface area (Å²) in [5.74, 6) is 1.64. The molecule has 1 aliphatic heterocycles. The van der Waals surface area contributed by atoms with E-state index >= 15 is 0 Å². The standard InChI is InChI=1S/C14H26N4OS/c1-11(2)10-18-7-4-12(5-8-18)15-14-16-13(17-20-14)6-9-19-3/h11-12H,4-10H2,1-3H3,(H,15,16,17). The van der Waals surface area contributed by atoms with Gasteiger partial charge in [-0.1, -0.05) is 13.8 Å². The molecule has 0 unspecified atom stereocenters. The third-order valence-corrected chi connectivity index (χ3v) is 4.22. The van der Waals surface area contributed by atoms with Crippen LogP contribution < -0.4 is 5.32 Å². The van der Waals surface area contributed by atoms with Gasteiger partial charge in [0.2, 0.25) is 5.13 Å². The molecule has 2 rings (SSSR count). The van der Waals surface area contributed by atoms with E-state index in [1.807, 2.05) is 0 Å². The molecule has 0 atom stereocenters. The van der Waals surface area contributed by atoms with Crippen molar-refractivity contribution in [2.75, 3.05) is 38.7 Å². The molecule has 6 heteroatoms. The van der Waals surface area contributed by atoms with E-state index in [-0.39, 0.29) is 0 Å². The van der Waals surface area contributed by atoms with Crippen LogP contribution in [0.5, 0.6) is 0 Å². The highest BCUT2D eigenvalue weighted by atomic mass is 32.1. The summed E-state index contributed by atoms with van der Waals surface area (Å²) in [4.78, 5) is 7.07. The molecule has 1 aromatic rings. The molecule has 0 radical (unpaired) electrons. The van der Waals surface area contributed by atoms with E-state index in [1.54, 1.807) is 7.11 Å². The van der Waals surface area contributed by atoms with E-state index in [0.717, 1.165) is 23.3 Å². The van der Waals surface area contributed by atoms with Crippen molar-refractivity contribution in [2.24, 2.45) is 5.92 Å². The first kappa shape index (κ1) is 15.7. The van der Waals surface area contributed by atoms with Crippen LogP contribution in [0.1, 0.15) is 32.5 Å². The molecule has 0 bridgehead atoms. The number of nitrogens with zero attached hydrogens (tertiary/aromatic N) is 3. The summed E-state index contributed by atoms with van der Waals surface area (Å²) in [5.41, 5.74) is 0. The normalized spacial score (nSPS) is 17.8. The van der Waals surface area contributed by atoms with Gasteiger partial charge in [-0.05, 0) is 18.8 Å². The van der Waals surface area contributed by atoms with Gasteiger partial charge in [0, 0.05) is 50.7 Å². The van der Waals surface area contributed by atoms with E-state index in [1.165, 1.54) is 44.0 Å². The minimum atomic E-state index is 0.543. The third kappa shape index (κ3) is 5.00. The summed E-state index contributed by atoms with van der Waals surface area (Å²) < 4.78 is 9.40. The van der Waals surface area contributed by atoms with Crippen LogP contribution in [0.2, 0.25) is 0 Å². The second-order valence-corrected chi connectivity index (χ2v) is 6.62. The predicted molar refractivity (Wildman–Crippen MR) is 83.4 cm³/mol. The zero-order valence-corrected chi connectivity index (χ0v) is 13.6. The summed E-state index contributed by atoms with van der Waals surface area (Å²) in [7, 11) is 1.70. The van der Waals surface area contributed by atoms with Crippen molar-refractivity contribution in [1.82, 2.24) is 14.3 Å². The first-order valence-corrected chi connectivity index (χ1v) is 8.25. The summed E-state index contributed by atoms with van der Waals surface area (Å²) >= 11 is 1.46. The van der Waals surface area contributed by atoms with E-state index in [0.29, 0.717) is 12.6 Å². The van der Waals surface area contributed by atoms with E-state index in [2.05, 4.69) is 33.4 Å². The molecule has 0 amide bonds. The Morgan fingerprint density at radius 3 is 2.80 bits per heavy atom. The highest BCUT2D eigenvalue weighted by Crippen LogP contribution is 2.19. The first-order chi connectivity index (χ1) is 9.67. The Morgan fingerprint density at radius 1 is 1.40 bits per heavy atom. The second kappa shape index (κ2) is 7.90. The molecule has 0 spiro atoms. The fraction of sp³-hybridized carbons (Fsp3) is 0.857. The van der Waals surface area contributed by atoms with Gasteiger partial charge in [0.05, 0.1) is 6.61 Å². The lowest BCUT2D eigenvalue weighted by Crippen LogP contribution is -2.40. The zero-order chi connectivity index (χ0) is 14.4. The van der Waals surface area contributed by atoms with Gasteiger partial charge in [0.1, 0.15) is 5.82 Å². The maximum absolute atomic E-state index is 5.05. The molecule has 1 aliphatic rings. The van der Waals surface area contributed by atoms with E-state index in [4.69, 9.17) is 4.74 Å². The molecule has 0 aromatic carbocycles. The van der Waals surface area contributed by atoms with Gasteiger partial charge < -0.3 is 15.0 Å². The SMILES string of the molecule is COCCc1nsc(NC2CCN(CC(C)C)CC2)n1. The van der Waals surface area contributed by atoms with Gasteiger partial charge in [-0.15, -0.1) is 0 Å². The van der Waals surface area contributed by atoms with Gasteiger partial charge >= 0.3 is 0 Å². The fourth-order valence-electron chi connectivity index (χ4n) is 2.56. The summed E-state index contributed by atoms with van der Waals surface area (Å²) in [6.07, 6.45) is 3.18. The zero-order valence-electron chi connectivity index (χ0n) is 12.8. The van der Waals surface area contributed by atoms with Gasteiger partial charge in [0.15, 0.2) is 0 Å². The minimum Gasteiger partial charge on any atom is -0.384 e. The lowest BCUT2D eigenvalue weighted by molar-refractivity contribution is 0.198. The number of ether oxygens (including phenoxy) is 1. The largest absolute Gasteiger partial charge is 0.384 e. The quantitative estimate of drug-likeness (QED) is 0.837. The number of nitrogens with one attached hydrogen (secondary N) is 1. The lowest BCUT2D eigenvalue weighted by Gasteiger charge is -2.33. The number of hydrogen-bond donors (Lipinski definition) is 1. The maximum atomic E-state index is 5.05. The monoisotopic (exact) mass is 298 g/mol. The molecular weight excluding hydrogens is 272 g/mol. The van der Waals surface area contributed by atoms with Crippen molar-refractivity contribution in [1.29, 1.82) is 0 Å². The Labute approximate surface area is 125 Å². The molecule has 1 saturated heterocycles. The summed E-state index contributed by atoms with van der Waals surface area (Å²) in [6, 6.07) is 0.543. The smallest absolute Gasteiger partial charge is 0.202 e. The number of hydrogen-bond acceptors (Lipinski definition) is 6. The number of methoxy groups -OCH3 is 1. The highest BCUT2D eigenvalue weighted by Gasteiger charge is 2.20. The number of likely N-dealkylation sites (tertiary alicyclic amines) is 1. The Kier molecular flexibility index (Phi) is 6.19. The molecule has 1 fully saturated rings. The number of rotatable bonds is 7. The molecule has 114 valence electrons. The van der Waals surface area contributed by atoms with Crippen LogP contribution in [-0.4, -0.2) is 53.7 Å². The molecule has 20 heavy (non-hydrogen) atoms. The molecule has 5 nitrogen and oxygen atoms in total. The van der Waals surface area contributed by atoms with Crippen LogP contribution >= 0.6 is 11.5 Å². The average molecular weight is 298 g/mol. The molecular formula is C14H26N4OS. The van der Waals surface area contributed by atoms with Crippen molar-refractivity contribution >= 4 is 16.7 Å². The highest BCUT2D eigenvalue weighted by molar-refractivity contribution is 7.09. The number of aromatic nitrogens is 2. The minimum absolute atomic E-state index is 0.543. The molecule has 2 heterocycles. The van der Waals surface area contributed by atoms with Crippen LogP contribution in [0.15, 0.2) is 0 Å². The van der Waals surface area contributed by atoms with Crippen LogP contribution in [0.4, 0.5) is 5.13 Å². The second-order valence-electron chi connectivity index (χ2n) is 5.87. The topological polar surface area (TPSA) is 50.3 Å². The Bertz CT molecular complexity index is 388. The first-order valence-electron chi connectivity index (χ1n) is 7.47. The Hall–Kier alpha value is -0.720. The molecule has 0 saturated carbocycles. The van der Waals surface area contributed by atoms with E-state index < -0.39 is 0 Å². The Balaban J connectivity index is 1.73. The van der Waals surface area contributed by atoms with Crippen molar-refractivity contribution in [3.8, 4) is 0 Å². The average Bonchev–Trinajstić information content (AvgIpc) is 2.86. The van der Waals surface area contributed by atoms with Gasteiger partial charge in [-0.25, -0.2) is 4.98 Å². The Morgan fingerprint density at radius 2 is 2.15 bits per heavy atom. The summed E-state index contributed by atoms with van der Waals surface area (Å²) in [6.45, 7) is 8.84. The van der Waals surface area contributed by atoms with E-state index in [9.17, 15) is 0 Å². The van der Waals surface area contributed by atoms with Crippen LogP contribution in [0.25, 0.3) is 0 Å². The van der Waals surface area contributed by atoms with Gasteiger partial charge in [-0.3, -0.25) is 0 Å². The predicted octanol–water partition coefficient (Wildman–Crippen LogP) is 2.26. The molecule has 1 N–H and O–H groups in total. The van der Waals surface area contributed by atoms with Gasteiger partial charge in [0.25, 0.3) is 0 Å². The van der Waals surface area contributed by atoms with Crippen molar-refractivity contribution < 1.29 is 4.74 Å². The number of anilines is 1.